The molecule has 1 aromatic carbocycles. The number of nitrogens with zero attached hydrogens (tertiary/aromatic N) is 2. The van der Waals surface area contributed by atoms with Crippen LogP contribution in [0.5, 0.6) is 5.75 Å². The molecule has 10 heteroatoms. The van der Waals surface area contributed by atoms with E-state index in [1.807, 2.05) is 0 Å². The average molecular weight is 414 g/mol. The van der Waals surface area contributed by atoms with Crippen LogP contribution in [0, 0.1) is 10.1 Å². The Morgan fingerprint density at radius 3 is 2.74 bits per heavy atom. The summed E-state index contributed by atoms with van der Waals surface area (Å²) in [5.41, 5.74) is -0.0794. The van der Waals surface area contributed by atoms with Crippen molar-refractivity contribution >= 4 is 40.7 Å². The van der Waals surface area contributed by atoms with Crippen LogP contribution in [-0.4, -0.2) is 35.1 Å². The van der Waals surface area contributed by atoms with Gasteiger partial charge >= 0.3 is 5.97 Å². The van der Waals surface area contributed by atoms with E-state index in [0.717, 1.165) is 0 Å². The fraction of sp³-hybridized carbons (Fsp3) is 0.294. The molecular weight excluding hydrogens is 397 g/mol. The van der Waals surface area contributed by atoms with Crippen LogP contribution in [0.15, 0.2) is 36.5 Å². The van der Waals surface area contributed by atoms with E-state index < -0.39 is 17.0 Å². The molecule has 0 aliphatic rings. The van der Waals surface area contributed by atoms with Gasteiger partial charge in [0.1, 0.15) is 17.8 Å². The van der Waals surface area contributed by atoms with Crippen molar-refractivity contribution in [3.05, 3.63) is 56.7 Å². The molecule has 0 aliphatic heterocycles. The second-order valence-electron chi connectivity index (χ2n) is 5.44. The van der Waals surface area contributed by atoms with Gasteiger partial charge in [0.15, 0.2) is 6.10 Å². The number of esters is 1. The number of anilines is 1. The van der Waals surface area contributed by atoms with Crippen LogP contribution in [-0.2, 0) is 9.53 Å². The number of hydrogen-bond acceptors (Lipinski definition) is 7. The molecule has 1 aromatic heterocycles. The van der Waals surface area contributed by atoms with Crippen molar-refractivity contribution in [3.63, 3.8) is 0 Å². The molecule has 0 saturated carbocycles. The third-order valence-electron chi connectivity index (χ3n) is 3.36. The van der Waals surface area contributed by atoms with Crippen LogP contribution in [0.2, 0.25) is 10.0 Å². The molecule has 2 aromatic rings. The first kappa shape index (κ1) is 20.7. The maximum absolute atomic E-state index is 11.9. The first-order chi connectivity index (χ1) is 12.9. The Balaban J connectivity index is 1.68. The molecule has 1 heterocycles. The topological polar surface area (TPSA) is 104 Å². The van der Waals surface area contributed by atoms with Gasteiger partial charge in [0, 0.05) is 17.6 Å². The third-order valence-corrected chi connectivity index (χ3v) is 3.89. The Kier molecular flexibility index (Phi) is 7.63. The van der Waals surface area contributed by atoms with E-state index in [0.29, 0.717) is 34.6 Å². The number of pyridine rings is 1. The van der Waals surface area contributed by atoms with E-state index in [4.69, 9.17) is 32.7 Å². The van der Waals surface area contributed by atoms with Crippen molar-refractivity contribution in [2.24, 2.45) is 0 Å². The van der Waals surface area contributed by atoms with Gasteiger partial charge in [-0.3, -0.25) is 10.1 Å². The van der Waals surface area contributed by atoms with Gasteiger partial charge < -0.3 is 14.8 Å². The smallest absolute Gasteiger partial charge is 0.347 e. The van der Waals surface area contributed by atoms with Crippen molar-refractivity contribution in [1.29, 1.82) is 0 Å². The minimum Gasteiger partial charge on any atom is -0.477 e. The summed E-state index contributed by atoms with van der Waals surface area (Å²) in [5, 5.41) is 14.3. The monoisotopic (exact) mass is 413 g/mol. The van der Waals surface area contributed by atoms with Crippen molar-refractivity contribution in [1.82, 2.24) is 4.98 Å². The SMILES string of the molecule is CC(Oc1ccc(Cl)cc1Cl)C(=O)OCCCNc1ccc([N+](=O)[O-])cn1. The summed E-state index contributed by atoms with van der Waals surface area (Å²) >= 11 is 11.8. The molecule has 0 amide bonds. The second kappa shape index (κ2) is 9.94. The molecule has 2 rings (SSSR count). The number of rotatable bonds is 9. The van der Waals surface area contributed by atoms with Crippen molar-refractivity contribution < 1.29 is 19.2 Å². The second-order valence-corrected chi connectivity index (χ2v) is 6.29. The van der Waals surface area contributed by atoms with Crippen LogP contribution in [0.25, 0.3) is 0 Å². The lowest BCUT2D eigenvalue weighted by Gasteiger charge is -2.15. The summed E-state index contributed by atoms with van der Waals surface area (Å²) in [6.45, 7) is 2.23. The van der Waals surface area contributed by atoms with Crippen LogP contribution in [0.4, 0.5) is 11.5 Å². The number of carbonyl (C=O) groups is 1. The molecule has 0 radical (unpaired) electrons. The van der Waals surface area contributed by atoms with Gasteiger partial charge in [0.25, 0.3) is 5.69 Å². The predicted octanol–water partition coefficient (Wildman–Crippen LogP) is 4.11. The zero-order valence-electron chi connectivity index (χ0n) is 14.4. The standard InChI is InChI=1S/C17H17Cl2N3O5/c1-11(27-15-5-3-12(18)9-14(15)19)17(23)26-8-2-7-20-16-6-4-13(10-21-16)22(24)25/h3-6,9-11H,2,7-8H2,1H3,(H,20,21). The highest BCUT2D eigenvalue weighted by Gasteiger charge is 2.17. The number of ether oxygens (including phenoxy) is 2. The van der Waals surface area contributed by atoms with Gasteiger partial charge in [-0.15, -0.1) is 0 Å². The third kappa shape index (κ3) is 6.58. The molecule has 144 valence electrons. The van der Waals surface area contributed by atoms with E-state index in [-0.39, 0.29) is 12.3 Å². The summed E-state index contributed by atoms with van der Waals surface area (Å²) in [7, 11) is 0. The summed E-state index contributed by atoms with van der Waals surface area (Å²) in [6.07, 6.45) is 0.871. The lowest BCUT2D eigenvalue weighted by Crippen LogP contribution is -2.27. The summed E-state index contributed by atoms with van der Waals surface area (Å²) in [4.78, 5) is 25.9. The van der Waals surface area contributed by atoms with E-state index in [1.54, 1.807) is 19.1 Å². The normalized spacial score (nSPS) is 11.5. The largest absolute Gasteiger partial charge is 0.477 e. The van der Waals surface area contributed by atoms with Crippen molar-refractivity contribution in [2.75, 3.05) is 18.5 Å². The van der Waals surface area contributed by atoms with Gasteiger partial charge in [-0.05, 0) is 37.6 Å². The first-order valence-corrected chi connectivity index (χ1v) is 8.75. The zero-order valence-corrected chi connectivity index (χ0v) is 15.9. The van der Waals surface area contributed by atoms with Crippen molar-refractivity contribution in [3.8, 4) is 5.75 Å². The number of benzene rings is 1. The maximum atomic E-state index is 11.9. The van der Waals surface area contributed by atoms with Crippen LogP contribution in [0.3, 0.4) is 0 Å². The van der Waals surface area contributed by atoms with Crippen LogP contribution in [0.1, 0.15) is 13.3 Å². The summed E-state index contributed by atoms with van der Waals surface area (Å²) < 4.78 is 10.6. The lowest BCUT2D eigenvalue weighted by atomic mass is 10.3. The van der Waals surface area contributed by atoms with E-state index in [9.17, 15) is 14.9 Å². The predicted molar refractivity (Wildman–Crippen MR) is 102 cm³/mol. The molecule has 8 nitrogen and oxygen atoms in total. The van der Waals surface area contributed by atoms with E-state index >= 15 is 0 Å². The molecule has 0 saturated heterocycles. The Morgan fingerprint density at radius 1 is 1.33 bits per heavy atom. The minimum atomic E-state index is -0.826. The molecular formula is C17H17Cl2N3O5. The highest BCUT2D eigenvalue weighted by molar-refractivity contribution is 6.35. The van der Waals surface area contributed by atoms with Crippen LogP contribution < -0.4 is 10.1 Å². The van der Waals surface area contributed by atoms with E-state index in [2.05, 4.69) is 10.3 Å². The number of carbonyl (C=O) groups excluding carboxylic acids is 1. The van der Waals surface area contributed by atoms with Gasteiger partial charge in [0.2, 0.25) is 0 Å². The van der Waals surface area contributed by atoms with Gasteiger partial charge in [0.05, 0.1) is 16.6 Å². The average Bonchev–Trinajstić information content (AvgIpc) is 2.63. The maximum Gasteiger partial charge on any atom is 0.347 e. The minimum absolute atomic E-state index is 0.0794. The van der Waals surface area contributed by atoms with Crippen molar-refractivity contribution in [2.45, 2.75) is 19.4 Å². The molecule has 0 fully saturated rings. The Hall–Kier alpha value is -2.58. The summed E-state index contributed by atoms with van der Waals surface area (Å²) in [6, 6.07) is 7.58. The van der Waals surface area contributed by atoms with Crippen LogP contribution >= 0.6 is 23.2 Å². The Bertz CT molecular complexity index is 802. The highest BCUT2D eigenvalue weighted by Crippen LogP contribution is 2.28. The molecule has 1 atom stereocenters. The molecule has 1 unspecified atom stereocenters. The zero-order chi connectivity index (χ0) is 19.8. The molecule has 0 bridgehead atoms. The number of nitro groups is 1. The van der Waals surface area contributed by atoms with Gasteiger partial charge in [-0.25, -0.2) is 9.78 Å². The number of hydrogen-bond donors (Lipinski definition) is 1. The number of nitrogens with one attached hydrogen (secondary N) is 1. The lowest BCUT2D eigenvalue weighted by molar-refractivity contribution is -0.385. The highest BCUT2D eigenvalue weighted by atomic mass is 35.5. The number of aromatic nitrogens is 1. The van der Waals surface area contributed by atoms with Gasteiger partial charge in [-0.1, -0.05) is 23.2 Å². The number of halogens is 2. The first-order valence-electron chi connectivity index (χ1n) is 7.99. The quantitative estimate of drug-likeness (QED) is 0.285. The van der Waals surface area contributed by atoms with Gasteiger partial charge in [-0.2, -0.15) is 0 Å². The Labute approximate surface area is 165 Å². The fourth-order valence-electron chi connectivity index (χ4n) is 1.99. The molecule has 27 heavy (non-hydrogen) atoms. The molecule has 1 N–H and O–H groups in total. The fourth-order valence-corrected chi connectivity index (χ4v) is 2.44. The van der Waals surface area contributed by atoms with E-state index in [1.165, 1.54) is 24.4 Å². The Morgan fingerprint density at radius 2 is 2.11 bits per heavy atom. The molecule has 0 spiro atoms. The molecule has 0 aliphatic carbocycles. The summed E-state index contributed by atoms with van der Waals surface area (Å²) in [5.74, 6) is 0.326.